The van der Waals surface area contributed by atoms with Crippen molar-refractivity contribution >= 4 is 5.91 Å². The average molecular weight is 386 g/mol. The molecule has 0 bridgehead atoms. The molecule has 0 spiro atoms. The van der Waals surface area contributed by atoms with Crippen LogP contribution in [0.15, 0.2) is 42.5 Å². The van der Waals surface area contributed by atoms with Crippen molar-refractivity contribution in [2.24, 2.45) is 0 Å². The van der Waals surface area contributed by atoms with E-state index in [4.69, 9.17) is 14.2 Å². The maximum Gasteiger partial charge on any atom is 0.258 e. The van der Waals surface area contributed by atoms with Gasteiger partial charge >= 0.3 is 0 Å². The third-order valence-electron chi connectivity index (χ3n) is 4.64. The molecule has 1 amide bonds. The standard InChI is InChI=1S/C23H31NO4/c1-7-19(16-8-13-20(26-5)21(14-16)27-6)24-22(25)15-28-18-11-9-17(10-12-18)23(2,3)4/h8-14,19H,7,15H2,1-6H3,(H,24,25)/t19-/m0/s1. The van der Waals surface area contributed by atoms with E-state index in [0.29, 0.717) is 17.2 Å². The second-order valence-corrected chi connectivity index (χ2v) is 7.71. The monoisotopic (exact) mass is 385 g/mol. The zero-order valence-electron chi connectivity index (χ0n) is 17.7. The van der Waals surface area contributed by atoms with Gasteiger partial charge in [0.05, 0.1) is 20.3 Å². The molecular weight excluding hydrogens is 354 g/mol. The van der Waals surface area contributed by atoms with E-state index in [-0.39, 0.29) is 24.0 Å². The van der Waals surface area contributed by atoms with Gasteiger partial charge in [-0.2, -0.15) is 0 Å². The first-order valence-electron chi connectivity index (χ1n) is 9.53. The molecule has 2 aromatic carbocycles. The minimum atomic E-state index is -0.165. The number of nitrogens with one attached hydrogen (secondary N) is 1. The lowest BCUT2D eigenvalue weighted by molar-refractivity contribution is -0.123. The second kappa shape index (κ2) is 9.49. The normalized spacial score (nSPS) is 12.2. The van der Waals surface area contributed by atoms with Gasteiger partial charge in [-0.15, -0.1) is 0 Å². The maximum absolute atomic E-state index is 12.4. The van der Waals surface area contributed by atoms with Gasteiger partial charge in [-0.25, -0.2) is 0 Å². The van der Waals surface area contributed by atoms with Crippen LogP contribution in [0.5, 0.6) is 17.2 Å². The molecule has 28 heavy (non-hydrogen) atoms. The molecule has 2 aromatic rings. The van der Waals surface area contributed by atoms with E-state index in [0.717, 1.165) is 12.0 Å². The molecule has 0 saturated heterocycles. The summed E-state index contributed by atoms with van der Waals surface area (Å²) in [6.45, 7) is 8.48. The van der Waals surface area contributed by atoms with E-state index in [1.54, 1.807) is 14.2 Å². The van der Waals surface area contributed by atoms with Gasteiger partial charge in [-0.1, -0.05) is 45.9 Å². The van der Waals surface area contributed by atoms with Gasteiger partial charge in [0.25, 0.3) is 5.91 Å². The number of carbonyl (C=O) groups is 1. The van der Waals surface area contributed by atoms with E-state index >= 15 is 0 Å². The van der Waals surface area contributed by atoms with Crippen LogP contribution in [0.2, 0.25) is 0 Å². The van der Waals surface area contributed by atoms with Crippen molar-refractivity contribution in [2.75, 3.05) is 20.8 Å². The molecule has 0 unspecified atom stereocenters. The van der Waals surface area contributed by atoms with E-state index < -0.39 is 0 Å². The van der Waals surface area contributed by atoms with E-state index in [1.807, 2.05) is 49.4 Å². The van der Waals surface area contributed by atoms with Crippen LogP contribution in [0.1, 0.15) is 51.3 Å². The second-order valence-electron chi connectivity index (χ2n) is 7.71. The minimum absolute atomic E-state index is 0.0291. The SMILES string of the molecule is CC[C@H](NC(=O)COc1ccc(C(C)(C)C)cc1)c1ccc(OC)c(OC)c1. The predicted molar refractivity (Wildman–Crippen MR) is 111 cm³/mol. The van der Waals surface area contributed by atoms with Crippen molar-refractivity contribution < 1.29 is 19.0 Å². The van der Waals surface area contributed by atoms with Crippen LogP contribution < -0.4 is 19.5 Å². The summed E-state index contributed by atoms with van der Waals surface area (Å²) < 4.78 is 16.3. The number of amides is 1. The topological polar surface area (TPSA) is 56.8 Å². The number of hydrogen-bond acceptors (Lipinski definition) is 4. The summed E-state index contributed by atoms with van der Waals surface area (Å²) in [4.78, 5) is 12.4. The minimum Gasteiger partial charge on any atom is -0.493 e. The summed E-state index contributed by atoms with van der Waals surface area (Å²) in [7, 11) is 3.20. The van der Waals surface area contributed by atoms with Gasteiger partial charge in [0.15, 0.2) is 18.1 Å². The summed E-state index contributed by atoms with van der Waals surface area (Å²) in [5, 5.41) is 3.02. The van der Waals surface area contributed by atoms with Crippen LogP contribution in [0.3, 0.4) is 0 Å². The van der Waals surface area contributed by atoms with Crippen molar-refractivity contribution in [1.29, 1.82) is 0 Å². The summed E-state index contributed by atoms with van der Waals surface area (Å²) in [5.74, 6) is 1.82. The molecule has 2 rings (SSSR count). The lowest BCUT2D eigenvalue weighted by Gasteiger charge is -2.20. The van der Waals surface area contributed by atoms with Gasteiger partial charge in [-0.05, 0) is 47.2 Å². The van der Waals surface area contributed by atoms with Crippen LogP contribution in [0, 0.1) is 0 Å². The smallest absolute Gasteiger partial charge is 0.258 e. The number of hydrogen-bond donors (Lipinski definition) is 1. The Bertz CT molecular complexity index is 778. The number of ether oxygens (including phenoxy) is 3. The van der Waals surface area contributed by atoms with E-state index in [2.05, 4.69) is 26.1 Å². The van der Waals surface area contributed by atoms with Gasteiger partial charge in [0.1, 0.15) is 5.75 Å². The summed E-state index contributed by atoms with van der Waals surface area (Å²) in [6, 6.07) is 13.4. The molecule has 152 valence electrons. The van der Waals surface area contributed by atoms with Crippen molar-refractivity contribution in [3.8, 4) is 17.2 Å². The van der Waals surface area contributed by atoms with Crippen molar-refractivity contribution in [2.45, 2.75) is 45.6 Å². The summed E-state index contributed by atoms with van der Waals surface area (Å²) >= 11 is 0. The first-order valence-corrected chi connectivity index (χ1v) is 9.53. The lowest BCUT2D eigenvalue weighted by Crippen LogP contribution is -2.32. The molecule has 0 radical (unpaired) electrons. The van der Waals surface area contributed by atoms with E-state index in [1.165, 1.54) is 5.56 Å². The predicted octanol–water partition coefficient (Wildman–Crippen LogP) is 4.65. The zero-order valence-corrected chi connectivity index (χ0v) is 17.7. The van der Waals surface area contributed by atoms with Gasteiger partial charge in [0, 0.05) is 0 Å². The first-order chi connectivity index (χ1) is 13.3. The molecule has 1 N–H and O–H groups in total. The zero-order chi connectivity index (χ0) is 20.7. The molecule has 0 saturated carbocycles. The summed E-state index contributed by atoms with van der Waals surface area (Å²) in [5.41, 5.74) is 2.27. The van der Waals surface area contributed by atoms with Crippen LogP contribution >= 0.6 is 0 Å². The number of methoxy groups -OCH3 is 2. The Morgan fingerprint density at radius 2 is 1.64 bits per heavy atom. The summed E-state index contributed by atoms with van der Waals surface area (Å²) in [6.07, 6.45) is 0.751. The van der Waals surface area contributed by atoms with Crippen LogP contribution in [0.25, 0.3) is 0 Å². The Kier molecular flexibility index (Phi) is 7.32. The fourth-order valence-corrected chi connectivity index (χ4v) is 2.93. The fourth-order valence-electron chi connectivity index (χ4n) is 2.93. The number of benzene rings is 2. The van der Waals surface area contributed by atoms with E-state index in [9.17, 15) is 4.79 Å². The van der Waals surface area contributed by atoms with Crippen LogP contribution in [0.4, 0.5) is 0 Å². The Morgan fingerprint density at radius 3 is 2.18 bits per heavy atom. The third-order valence-corrected chi connectivity index (χ3v) is 4.64. The largest absolute Gasteiger partial charge is 0.493 e. The molecular formula is C23H31NO4. The fraction of sp³-hybridized carbons (Fsp3) is 0.435. The lowest BCUT2D eigenvalue weighted by atomic mass is 9.87. The number of rotatable bonds is 8. The van der Waals surface area contributed by atoms with Gasteiger partial charge in [0.2, 0.25) is 0 Å². The quantitative estimate of drug-likeness (QED) is 0.719. The molecule has 0 fully saturated rings. The van der Waals surface area contributed by atoms with Crippen molar-refractivity contribution in [3.63, 3.8) is 0 Å². The van der Waals surface area contributed by atoms with Gasteiger partial charge < -0.3 is 19.5 Å². The molecule has 0 aliphatic rings. The molecule has 5 heteroatoms. The Morgan fingerprint density at radius 1 is 1.00 bits per heavy atom. The Balaban J connectivity index is 1.97. The van der Waals surface area contributed by atoms with Crippen molar-refractivity contribution in [1.82, 2.24) is 5.32 Å². The molecule has 0 aliphatic heterocycles. The maximum atomic E-state index is 12.4. The van der Waals surface area contributed by atoms with Crippen LogP contribution in [-0.4, -0.2) is 26.7 Å². The molecule has 0 aliphatic carbocycles. The highest BCUT2D eigenvalue weighted by atomic mass is 16.5. The molecule has 5 nitrogen and oxygen atoms in total. The van der Waals surface area contributed by atoms with Gasteiger partial charge in [-0.3, -0.25) is 4.79 Å². The molecule has 0 aromatic heterocycles. The molecule has 1 atom stereocenters. The average Bonchev–Trinajstić information content (AvgIpc) is 2.69. The van der Waals surface area contributed by atoms with Crippen molar-refractivity contribution in [3.05, 3.63) is 53.6 Å². The highest BCUT2D eigenvalue weighted by Gasteiger charge is 2.16. The number of carbonyl (C=O) groups excluding carboxylic acids is 1. The highest BCUT2D eigenvalue weighted by molar-refractivity contribution is 5.78. The molecule has 0 heterocycles. The highest BCUT2D eigenvalue weighted by Crippen LogP contribution is 2.31. The van der Waals surface area contributed by atoms with Crippen LogP contribution in [-0.2, 0) is 10.2 Å². The Hall–Kier alpha value is -2.69. The first kappa shape index (κ1) is 21.6. The Labute approximate surface area is 168 Å². The third kappa shape index (κ3) is 5.65.